The maximum Gasteiger partial charge on any atom is 0.416 e. The standard InChI is InChI=1S/C29H25F4N3O2S/c1-19(34-13-20-5-8-24(30)9-6-20)25-17-39-28(35-25)16-36(14-21-3-2-4-23(11-21)29(31,32)33)15-22-7-10-26-27(12-22)38-18-37-26/h2-12,17,34H,1,13-16,18H2. The zero-order chi connectivity index (χ0) is 27.4. The van der Waals surface area contributed by atoms with E-state index in [1.165, 1.54) is 35.6 Å². The largest absolute Gasteiger partial charge is 0.454 e. The summed E-state index contributed by atoms with van der Waals surface area (Å²) in [6.07, 6.45) is -4.41. The number of ether oxygens (including phenoxy) is 2. The Labute approximate surface area is 227 Å². The SMILES string of the molecule is C=C(NCc1ccc(F)cc1)c1csc(CN(Cc2cccc(C(F)(F)F)c2)Cc2ccc3c(c2)OCO3)n1. The Morgan fingerprint density at radius 2 is 1.64 bits per heavy atom. The topological polar surface area (TPSA) is 46.6 Å². The number of rotatable bonds is 10. The highest BCUT2D eigenvalue weighted by atomic mass is 32.1. The van der Waals surface area contributed by atoms with Crippen LogP contribution in [0.4, 0.5) is 17.6 Å². The lowest BCUT2D eigenvalue weighted by Gasteiger charge is -2.22. The summed E-state index contributed by atoms with van der Waals surface area (Å²) in [4.78, 5) is 6.74. The maximum absolute atomic E-state index is 13.3. The van der Waals surface area contributed by atoms with Gasteiger partial charge in [-0.2, -0.15) is 13.2 Å². The van der Waals surface area contributed by atoms with Gasteiger partial charge in [0, 0.05) is 25.0 Å². The van der Waals surface area contributed by atoms with Crippen LogP contribution in [0.15, 0.2) is 78.7 Å². The second-order valence-electron chi connectivity index (χ2n) is 9.12. The molecule has 0 saturated carbocycles. The van der Waals surface area contributed by atoms with Gasteiger partial charge in [-0.05, 0) is 47.0 Å². The van der Waals surface area contributed by atoms with Crippen molar-refractivity contribution in [3.05, 3.63) is 117 Å². The number of halogens is 4. The number of nitrogens with zero attached hydrogens (tertiary/aromatic N) is 2. The third kappa shape index (κ3) is 6.96. The number of hydrogen-bond donors (Lipinski definition) is 1. The fourth-order valence-electron chi connectivity index (χ4n) is 4.18. The maximum atomic E-state index is 13.3. The summed E-state index contributed by atoms with van der Waals surface area (Å²) >= 11 is 1.45. The van der Waals surface area contributed by atoms with Crippen LogP contribution in [0.1, 0.15) is 33.0 Å². The lowest BCUT2D eigenvalue weighted by Crippen LogP contribution is -2.23. The van der Waals surface area contributed by atoms with Crippen LogP contribution in [0.5, 0.6) is 11.5 Å². The third-order valence-corrected chi connectivity index (χ3v) is 6.98. The highest BCUT2D eigenvalue weighted by Gasteiger charge is 2.30. The van der Waals surface area contributed by atoms with Gasteiger partial charge in [0.1, 0.15) is 10.8 Å². The highest BCUT2D eigenvalue weighted by Crippen LogP contribution is 2.34. The Bertz CT molecular complexity index is 1450. The van der Waals surface area contributed by atoms with E-state index in [0.29, 0.717) is 48.1 Å². The average Bonchev–Trinajstić information content (AvgIpc) is 3.57. The van der Waals surface area contributed by atoms with Crippen LogP contribution < -0.4 is 14.8 Å². The van der Waals surface area contributed by atoms with E-state index in [9.17, 15) is 17.6 Å². The van der Waals surface area contributed by atoms with Crippen molar-refractivity contribution in [2.75, 3.05) is 6.79 Å². The molecule has 4 aromatic rings. The van der Waals surface area contributed by atoms with Gasteiger partial charge in [0.05, 0.1) is 23.5 Å². The van der Waals surface area contributed by atoms with E-state index in [4.69, 9.17) is 14.5 Å². The van der Waals surface area contributed by atoms with Crippen LogP contribution in [0, 0.1) is 5.82 Å². The lowest BCUT2D eigenvalue weighted by molar-refractivity contribution is -0.137. The Balaban J connectivity index is 1.30. The molecular formula is C29H25F4N3O2S. The van der Waals surface area contributed by atoms with Crippen molar-refractivity contribution in [3.63, 3.8) is 0 Å². The molecule has 0 saturated heterocycles. The Kier molecular flexibility index (Phi) is 7.85. The number of benzene rings is 3. The number of fused-ring (bicyclic) bond motifs is 1. The molecule has 1 N–H and O–H groups in total. The summed E-state index contributed by atoms with van der Waals surface area (Å²) in [6, 6.07) is 17.2. The van der Waals surface area contributed by atoms with Crippen LogP contribution in [0.25, 0.3) is 5.70 Å². The predicted octanol–water partition coefficient (Wildman–Crippen LogP) is 6.99. The molecule has 39 heavy (non-hydrogen) atoms. The highest BCUT2D eigenvalue weighted by molar-refractivity contribution is 7.09. The molecule has 3 aromatic carbocycles. The van der Waals surface area contributed by atoms with Crippen LogP contribution in [-0.4, -0.2) is 16.7 Å². The first-order valence-electron chi connectivity index (χ1n) is 12.1. The lowest BCUT2D eigenvalue weighted by atomic mass is 10.1. The Morgan fingerprint density at radius 3 is 2.41 bits per heavy atom. The zero-order valence-electron chi connectivity index (χ0n) is 20.8. The normalized spacial score (nSPS) is 12.6. The summed E-state index contributed by atoms with van der Waals surface area (Å²) in [5.41, 5.74) is 3.02. The number of hydrogen-bond acceptors (Lipinski definition) is 6. The molecule has 202 valence electrons. The summed E-state index contributed by atoms with van der Waals surface area (Å²) in [5, 5.41) is 5.89. The van der Waals surface area contributed by atoms with E-state index in [1.807, 2.05) is 28.5 Å². The molecule has 0 fully saturated rings. The second kappa shape index (κ2) is 11.5. The van der Waals surface area contributed by atoms with Crippen molar-refractivity contribution in [1.29, 1.82) is 0 Å². The molecule has 1 aromatic heterocycles. The smallest absolute Gasteiger partial charge is 0.416 e. The minimum atomic E-state index is -4.41. The minimum absolute atomic E-state index is 0.160. The Hall–Kier alpha value is -3.89. The van der Waals surface area contributed by atoms with Gasteiger partial charge in [-0.15, -0.1) is 11.3 Å². The fraction of sp³-hybridized carbons (Fsp3) is 0.207. The van der Waals surface area contributed by atoms with Crippen molar-refractivity contribution in [3.8, 4) is 11.5 Å². The summed E-state index contributed by atoms with van der Waals surface area (Å²) < 4.78 is 64.0. The van der Waals surface area contributed by atoms with Gasteiger partial charge in [-0.25, -0.2) is 9.37 Å². The molecule has 0 radical (unpaired) electrons. The molecule has 0 amide bonds. The first-order chi connectivity index (χ1) is 18.7. The molecule has 5 rings (SSSR count). The van der Waals surface area contributed by atoms with Crippen molar-refractivity contribution in [2.45, 2.75) is 32.4 Å². The molecular weight excluding hydrogens is 530 g/mol. The second-order valence-corrected chi connectivity index (χ2v) is 10.1. The minimum Gasteiger partial charge on any atom is -0.454 e. The van der Waals surface area contributed by atoms with Gasteiger partial charge < -0.3 is 14.8 Å². The Morgan fingerprint density at radius 1 is 0.923 bits per heavy atom. The molecule has 0 aliphatic carbocycles. The predicted molar refractivity (Wildman–Crippen MR) is 141 cm³/mol. The molecule has 0 unspecified atom stereocenters. The summed E-state index contributed by atoms with van der Waals surface area (Å²) in [6.45, 7) is 5.86. The molecule has 0 spiro atoms. The van der Waals surface area contributed by atoms with E-state index < -0.39 is 11.7 Å². The van der Waals surface area contributed by atoms with Crippen LogP contribution in [0.2, 0.25) is 0 Å². The quantitative estimate of drug-likeness (QED) is 0.214. The van der Waals surface area contributed by atoms with Gasteiger partial charge in [-0.3, -0.25) is 4.90 Å². The van der Waals surface area contributed by atoms with Gasteiger partial charge in [-0.1, -0.05) is 43.0 Å². The monoisotopic (exact) mass is 555 g/mol. The average molecular weight is 556 g/mol. The van der Waals surface area contributed by atoms with Gasteiger partial charge in [0.15, 0.2) is 11.5 Å². The van der Waals surface area contributed by atoms with Crippen molar-refractivity contribution < 1.29 is 27.0 Å². The van der Waals surface area contributed by atoms with E-state index >= 15 is 0 Å². The number of thiazole rings is 1. The van der Waals surface area contributed by atoms with Crippen molar-refractivity contribution >= 4 is 17.0 Å². The molecule has 5 nitrogen and oxygen atoms in total. The summed E-state index contributed by atoms with van der Waals surface area (Å²) in [5.74, 6) is 1.02. The van der Waals surface area contributed by atoms with E-state index in [0.717, 1.165) is 22.2 Å². The van der Waals surface area contributed by atoms with Gasteiger partial charge in [0.2, 0.25) is 6.79 Å². The molecule has 0 bridgehead atoms. The fourth-order valence-corrected chi connectivity index (χ4v) is 5.04. The zero-order valence-corrected chi connectivity index (χ0v) is 21.6. The van der Waals surface area contributed by atoms with Crippen molar-refractivity contribution in [2.24, 2.45) is 0 Å². The molecule has 1 aliphatic rings. The number of aromatic nitrogens is 1. The number of alkyl halides is 3. The van der Waals surface area contributed by atoms with Crippen LogP contribution >= 0.6 is 11.3 Å². The molecule has 1 aliphatic heterocycles. The number of nitrogens with one attached hydrogen (secondary N) is 1. The van der Waals surface area contributed by atoms with E-state index in [1.54, 1.807) is 18.2 Å². The van der Waals surface area contributed by atoms with Gasteiger partial charge in [0.25, 0.3) is 0 Å². The molecule has 2 heterocycles. The van der Waals surface area contributed by atoms with Crippen LogP contribution in [0.3, 0.4) is 0 Å². The molecule has 10 heteroatoms. The summed E-state index contributed by atoms with van der Waals surface area (Å²) in [7, 11) is 0. The van der Waals surface area contributed by atoms with Gasteiger partial charge >= 0.3 is 6.18 Å². The van der Waals surface area contributed by atoms with Crippen LogP contribution in [-0.2, 0) is 32.4 Å². The third-order valence-electron chi connectivity index (χ3n) is 6.14. The van der Waals surface area contributed by atoms with E-state index in [-0.39, 0.29) is 19.2 Å². The first kappa shape index (κ1) is 26.7. The van der Waals surface area contributed by atoms with Crippen molar-refractivity contribution in [1.82, 2.24) is 15.2 Å². The first-order valence-corrected chi connectivity index (χ1v) is 13.0. The van der Waals surface area contributed by atoms with E-state index in [2.05, 4.69) is 11.9 Å². The molecule has 0 atom stereocenters.